The molecule has 3 aromatic carbocycles. The highest BCUT2D eigenvalue weighted by molar-refractivity contribution is 14.1. The second kappa shape index (κ2) is 36.9. The molecule has 112 heavy (non-hydrogen) atoms. The van der Waals surface area contributed by atoms with Crippen molar-refractivity contribution < 1.29 is 105 Å². The molecule has 4 fully saturated rings. The van der Waals surface area contributed by atoms with Gasteiger partial charge in [-0.1, -0.05) is 46.3 Å². The Hall–Kier alpha value is -3.73. The van der Waals surface area contributed by atoms with Gasteiger partial charge in [0.15, 0.2) is 0 Å². The Labute approximate surface area is 698 Å². The van der Waals surface area contributed by atoms with E-state index in [1.165, 1.54) is 28.0 Å². The van der Waals surface area contributed by atoms with Crippen molar-refractivity contribution in [1.29, 1.82) is 0 Å². The topological polar surface area (TPSA) is 162 Å². The third-order valence-electron chi connectivity index (χ3n) is 20.1. The first-order valence-electron chi connectivity index (χ1n) is 36.7. The van der Waals surface area contributed by atoms with Crippen molar-refractivity contribution in [1.82, 2.24) is 14.7 Å². The molecule has 0 spiro atoms. The van der Waals surface area contributed by atoms with Crippen LogP contribution in [0.2, 0.25) is 0 Å². The molecule has 0 N–H and O–H groups in total. The fourth-order valence-electron chi connectivity index (χ4n) is 11.0. The van der Waals surface area contributed by atoms with Crippen LogP contribution < -0.4 is 5.46 Å². The molecular weight excluding hydrogens is 1760 g/mol. The number of carbonyl (C=O) groups excluding carboxylic acids is 3. The van der Waals surface area contributed by atoms with Crippen molar-refractivity contribution in [2.45, 2.75) is 284 Å². The number of halogens is 14. The number of nitrogens with zero attached hydrogens (tertiary/aromatic N) is 3. The molecule has 7 aliphatic heterocycles. The molecule has 10 rings (SSSR count). The highest BCUT2D eigenvalue weighted by Crippen LogP contribution is 2.46. The molecule has 0 radical (unpaired) electrons. The first kappa shape index (κ1) is 98.8. The Morgan fingerprint density at radius 3 is 1.00 bits per heavy atom. The molecule has 0 saturated carbocycles. The molecular formula is C77H109B4Br2Cl2F9IN3O14. The number of carbonyl (C=O) groups is 3. The van der Waals surface area contributed by atoms with Crippen molar-refractivity contribution in [2.24, 2.45) is 0 Å². The summed E-state index contributed by atoms with van der Waals surface area (Å²) in [4.78, 5) is 41.0. The number of benzene rings is 3. The SMILES string of the molecule is CC(C)(C)OC(=O)N1CC=C(B2OC(C)(C)C(C)(C)O2)CC1.CC(C)(C)OC(=O)N1CC=C(c2cc(C(F)(F)F)ccc2B2OC(C)(C)C(C)(C)O2)CC1.CC(C)(C)OC(=O)N1CC=C(c2cc(C(F)(F)F)ccc2Br)CC1.CC(Cl)Cl.CC1(C)OB(B2OC(C)(C)C(C)(C)O2)OC1(C)C.FC(F)(F)c1ccc(Br)c(I)c1. The highest BCUT2D eigenvalue weighted by atomic mass is 127. The second-order valence-corrected chi connectivity index (χ2v) is 39.2. The fourth-order valence-corrected chi connectivity index (χ4v) is 12.3. The monoisotopic (exact) mass is 1870 g/mol. The summed E-state index contributed by atoms with van der Waals surface area (Å²) < 4.78 is 181. The van der Waals surface area contributed by atoms with Crippen LogP contribution in [0.25, 0.3) is 11.1 Å². The van der Waals surface area contributed by atoms with Gasteiger partial charge >= 0.3 is 65.1 Å². The minimum atomic E-state index is -4.47. The van der Waals surface area contributed by atoms with Crippen LogP contribution in [-0.2, 0) is 70.0 Å². The van der Waals surface area contributed by atoms with Crippen molar-refractivity contribution in [3.63, 3.8) is 0 Å². The lowest BCUT2D eigenvalue weighted by molar-refractivity contribution is -0.138. The third kappa shape index (κ3) is 27.7. The van der Waals surface area contributed by atoms with E-state index >= 15 is 0 Å². The van der Waals surface area contributed by atoms with Crippen LogP contribution in [0, 0.1) is 3.57 Å². The molecule has 626 valence electrons. The number of ether oxygens (including phenoxy) is 3. The van der Waals surface area contributed by atoms with Gasteiger partial charge in [0.2, 0.25) is 0 Å². The molecule has 3 amide bonds. The number of hydrogen-bond donors (Lipinski definition) is 0. The second-order valence-electron chi connectivity index (χ2n) is 34.8. The number of alkyl halides is 11. The van der Waals surface area contributed by atoms with E-state index in [1.807, 2.05) is 160 Å². The van der Waals surface area contributed by atoms with E-state index in [0.717, 1.165) is 59.4 Å². The van der Waals surface area contributed by atoms with Gasteiger partial charge in [0.05, 0.1) is 61.5 Å². The molecule has 17 nitrogen and oxygen atoms in total. The summed E-state index contributed by atoms with van der Waals surface area (Å²) in [5.74, 6) is 0. The third-order valence-corrected chi connectivity index (χ3v) is 23.1. The molecule has 0 aliphatic carbocycles. The molecule has 7 heterocycles. The van der Waals surface area contributed by atoms with Gasteiger partial charge in [-0.05, 0) is 313 Å². The lowest BCUT2D eigenvalue weighted by Crippen LogP contribution is -2.41. The van der Waals surface area contributed by atoms with E-state index in [0.29, 0.717) is 74.7 Å². The molecule has 0 atom stereocenters. The van der Waals surface area contributed by atoms with E-state index in [4.69, 9.17) is 74.6 Å². The maximum absolute atomic E-state index is 13.5. The number of rotatable bonds is 5. The van der Waals surface area contributed by atoms with Crippen molar-refractivity contribution >= 4 is 141 Å². The molecule has 7 aliphatic rings. The van der Waals surface area contributed by atoms with E-state index in [-0.39, 0.29) is 58.2 Å². The van der Waals surface area contributed by atoms with Crippen LogP contribution in [0.15, 0.2) is 87.2 Å². The van der Waals surface area contributed by atoms with Crippen LogP contribution in [0.5, 0.6) is 0 Å². The fraction of sp³-hybridized carbons (Fsp3) is 0.649. The van der Waals surface area contributed by atoms with E-state index in [1.54, 1.807) is 65.5 Å². The van der Waals surface area contributed by atoms with Gasteiger partial charge in [-0.25, -0.2) is 14.4 Å². The van der Waals surface area contributed by atoms with Gasteiger partial charge in [0.25, 0.3) is 0 Å². The number of amides is 3. The maximum Gasteiger partial charge on any atom is 0.495 e. The largest absolute Gasteiger partial charge is 0.495 e. The van der Waals surface area contributed by atoms with Crippen LogP contribution in [0.3, 0.4) is 0 Å². The summed E-state index contributed by atoms with van der Waals surface area (Å²) in [5, 5.41) is 0. The van der Waals surface area contributed by atoms with Crippen molar-refractivity contribution in [2.75, 3.05) is 39.3 Å². The first-order valence-corrected chi connectivity index (χ1v) is 40.3. The maximum atomic E-state index is 13.5. The standard InChI is InChI=1S/C23H31BF3NO4.C17H19BrF3NO2.C16H28BNO4.C12H24B2O4.C7H3BrF3I.C2H4Cl2/c1-20(2,3)30-19(29)28-12-10-15(11-13-28)17-14-16(23(25,26)27)8-9-18(17)24-31-21(4,5)22(6,7)32-24;1-16(2,3)24-15(23)22-8-6-11(7-9-22)13-10-12(17(19,20)21)4-5-14(13)18;1-14(2,3)20-13(19)18-10-8-12(9-11-18)17-21-15(4,5)16(6,7)22-17;1-9(2)10(3,4)16-13(15-9)14-17-11(5,6)12(7,8)18-14;8-5-2-1-4(3-6(5)12)7(9,10)11;1-2(3)4/h8-10,14H,11-13H2,1-7H3;4-6,10H,7-9H2,1-3H3;8H,9-11H2,1-7H3;1-8H3;1-3H;2H,1H3. The zero-order valence-electron chi connectivity index (χ0n) is 69.0. The van der Waals surface area contributed by atoms with Gasteiger partial charge < -0.3 is 66.1 Å². The Balaban J connectivity index is 0.000000254. The summed E-state index contributed by atoms with van der Waals surface area (Å²) in [6.07, 6.45) is -7.04. The average molecular weight is 1870 g/mol. The first-order chi connectivity index (χ1) is 50.4. The lowest BCUT2D eigenvalue weighted by Gasteiger charge is -2.32. The van der Waals surface area contributed by atoms with Gasteiger partial charge in [-0.3, -0.25) is 0 Å². The van der Waals surface area contributed by atoms with Crippen LogP contribution in [-0.4, -0.2) is 167 Å². The minimum Gasteiger partial charge on any atom is -0.444 e. The molecule has 4 saturated heterocycles. The van der Waals surface area contributed by atoms with Crippen LogP contribution in [0.4, 0.5) is 53.9 Å². The number of hydrogen-bond acceptors (Lipinski definition) is 14. The summed E-state index contributed by atoms with van der Waals surface area (Å²) in [7, 11) is -2.06. The zero-order chi connectivity index (χ0) is 85.9. The van der Waals surface area contributed by atoms with Gasteiger partial charge in [-0.2, -0.15) is 39.5 Å². The smallest absolute Gasteiger partial charge is 0.444 e. The van der Waals surface area contributed by atoms with Crippen molar-refractivity contribution in [3.05, 3.63) is 119 Å². The normalized spacial score (nSPS) is 20.9. The predicted octanol–water partition coefficient (Wildman–Crippen LogP) is 21.8. The summed E-state index contributed by atoms with van der Waals surface area (Å²) >= 11 is 18.3. The highest BCUT2D eigenvalue weighted by Gasteiger charge is 2.64. The summed E-state index contributed by atoms with van der Waals surface area (Å²) in [5.41, 5.74) is -2.93. The molecule has 0 bridgehead atoms. The molecule has 3 aromatic rings. The molecule has 35 heteroatoms. The van der Waals surface area contributed by atoms with Crippen LogP contribution >= 0.6 is 77.7 Å². The Morgan fingerprint density at radius 1 is 0.429 bits per heavy atom. The molecule has 0 unspecified atom stereocenters. The predicted molar refractivity (Wildman–Crippen MR) is 439 cm³/mol. The summed E-state index contributed by atoms with van der Waals surface area (Å²) in [6, 6.07) is 10.8. The quantitative estimate of drug-likeness (QED) is 0.0779. The Bertz CT molecular complexity index is 3780. The van der Waals surface area contributed by atoms with Crippen molar-refractivity contribution in [3.8, 4) is 0 Å². The molecule has 0 aromatic heterocycles. The van der Waals surface area contributed by atoms with E-state index in [2.05, 4.69) is 31.9 Å². The zero-order valence-corrected chi connectivity index (χ0v) is 75.9. The van der Waals surface area contributed by atoms with Crippen LogP contribution in [0.1, 0.15) is 227 Å². The van der Waals surface area contributed by atoms with Gasteiger partial charge in [-0.15, -0.1) is 23.2 Å². The Kier molecular flexibility index (Phi) is 32.5. The van der Waals surface area contributed by atoms with E-state index in [9.17, 15) is 53.9 Å². The lowest BCUT2D eigenvalue weighted by atomic mass is 9.49. The average Bonchev–Trinajstić information content (AvgIpc) is 1.60. The summed E-state index contributed by atoms with van der Waals surface area (Å²) in [6.45, 7) is 52.5. The van der Waals surface area contributed by atoms with E-state index < -0.39 is 96.5 Å². The minimum absolute atomic E-state index is 0.222. The Morgan fingerprint density at radius 2 is 0.705 bits per heavy atom. The van der Waals surface area contributed by atoms with Gasteiger partial charge in [0, 0.05) is 51.8 Å². The van der Waals surface area contributed by atoms with Gasteiger partial charge in [0.1, 0.15) is 21.6 Å².